The Morgan fingerprint density at radius 2 is 0.789 bits per heavy atom. The molecule has 8 aromatic carbocycles. The van der Waals surface area contributed by atoms with Gasteiger partial charge < -0.3 is 13.7 Å². The van der Waals surface area contributed by atoms with E-state index in [-0.39, 0.29) is 0 Å². The molecule has 0 bridgehead atoms. The van der Waals surface area contributed by atoms with Gasteiger partial charge in [0.25, 0.3) is 0 Å². The van der Waals surface area contributed by atoms with Gasteiger partial charge in [-0.15, -0.1) is 0 Å². The zero-order valence-electron chi connectivity index (χ0n) is 30.9. The molecular weight excluding hydrogens is 693 g/mol. The van der Waals surface area contributed by atoms with Gasteiger partial charge in [-0.05, 0) is 83.4 Å². The molecule has 4 heterocycles. The van der Waals surface area contributed by atoms with Crippen LogP contribution >= 0.6 is 0 Å². The van der Waals surface area contributed by atoms with Gasteiger partial charge in [0.1, 0.15) is 0 Å². The minimum absolute atomic E-state index is 1.07. The fourth-order valence-corrected chi connectivity index (χ4v) is 9.39. The molecule has 0 atom stereocenters. The number of pyridine rings is 1. The standard InChI is InChI=1S/C53H34N4/c1-4-16-35(17-5-1)51-40(29-31-49-53(51)42-24-12-15-27-47(42)56(49)37-20-8-3-9-21-37)44-33-54-34-50-52(44)41-23-11-14-26-46(41)57(50)38-28-30-48-43(32-38)39-22-10-13-25-45(39)55(48)36-18-6-2-7-19-36/h1-34H. The van der Waals surface area contributed by atoms with Gasteiger partial charge in [0, 0.05) is 61.1 Å². The maximum Gasteiger partial charge on any atom is 0.0730 e. The summed E-state index contributed by atoms with van der Waals surface area (Å²) in [6, 6.07) is 70.0. The third-order valence-electron chi connectivity index (χ3n) is 11.7. The number of nitrogens with zero attached hydrogens (tertiary/aromatic N) is 4. The number of fused-ring (bicyclic) bond motifs is 9. The predicted molar refractivity (Wildman–Crippen MR) is 238 cm³/mol. The van der Waals surface area contributed by atoms with Crippen molar-refractivity contribution in [1.29, 1.82) is 0 Å². The Morgan fingerprint density at radius 3 is 1.46 bits per heavy atom. The first kappa shape index (κ1) is 31.6. The van der Waals surface area contributed by atoms with Crippen LogP contribution in [-0.2, 0) is 0 Å². The second-order valence-electron chi connectivity index (χ2n) is 14.8. The number of benzene rings is 8. The maximum atomic E-state index is 5.03. The zero-order chi connectivity index (χ0) is 37.5. The van der Waals surface area contributed by atoms with Crippen molar-refractivity contribution in [2.24, 2.45) is 0 Å². The summed E-state index contributed by atoms with van der Waals surface area (Å²) in [5, 5.41) is 7.29. The molecule has 266 valence electrons. The molecule has 0 aliphatic rings. The summed E-state index contributed by atoms with van der Waals surface area (Å²) in [5.41, 5.74) is 15.0. The highest BCUT2D eigenvalue weighted by Gasteiger charge is 2.24. The van der Waals surface area contributed by atoms with Crippen molar-refractivity contribution in [3.05, 3.63) is 207 Å². The monoisotopic (exact) mass is 726 g/mol. The topological polar surface area (TPSA) is 27.7 Å². The van der Waals surface area contributed by atoms with E-state index in [0.29, 0.717) is 0 Å². The third-order valence-corrected chi connectivity index (χ3v) is 11.7. The molecule has 0 saturated carbocycles. The minimum atomic E-state index is 1.07. The molecule has 4 heteroatoms. The third kappa shape index (κ3) is 4.65. The Hall–Kier alpha value is -7.69. The Labute approximate surface area is 328 Å². The first-order valence-electron chi connectivity index (χ1n) is 19.5. The molecule has 57 heavy (non-hydrogen) atoms. The van der Waals surface area contributed by atoms with Gasteiger partial charge in [-0.1, -0.05) is 127 Å². The molecule has 12 rings (SSSR count). The normalized spacial score (nSPS) is 11.9. The van der Waals surface area contributed by atoms with E-state index in [0.717, 1.165) is 39.2 Å². The van der Waals surface area contributed by atoms with Gasteiger partial charge in [0.15, 0.2) is 0 Å². The van der Waals surface area contributed by atoms with E-state index in [4.69, 9.17) is 4.98 Å². The highest BCUT2D eigenvalue weighted by atomic mass is 15.0. The summed E-state index contributed by atoms with van der Waals surface area (Å²) in [4.78, 5) is 5.03. The van der Waals surface area contributed by atoms with Crippen molar-refractivity contribution in [1.82, 2.24) is 18.7 Å². The molecule has 0 aliphatic carbocycles. The highest BCUT2D eigenvalue weighted by Crippen LogP contribution is 2.47. The van der Waals surface area contributed by atoms with Crippen molar-refractivity contribution in [2.75, 3.05) is 0 Å². The van der Waals surface area contributed by atoms with Crippen LogP contribution in [0.2, 0.25) is 0 Å². The molecule has 0 saturated heterocycles. The van der Waals surface area contributed by atoms with Crippen LogP contribution in [0.3, 0.4) is 0 Å². The summed E-state index contributed by atoms with van der Waals surface area (Å²) in [6.07, 6.45) is 4.11. The first-order chi connectivity index (χ1) is 28.3. The van der Waals surface area contributed by atoms with Crippen LogP contribution < -0.4 is 0 Å². The molecule has 0 unspecified atom stereocenters. The Balaban J connectivity index is 1.16. The number of hydrogen-bond acceptors (Lipinski definition) is 1. The van der Waals surface area contributed by atoms with Crippen molar-refractivity contribution < 1.29 is 0 Å². The lowest BCUT2D eigenvalue weighted by molar-refractivity contribution is 1.16. The summed E-state index contributed by atoms with van der Waals surface area (Å²) < 4.78 is 7.17. The summed E-state index contributed by atoms with van der Waals surface area (Å²) >= 11 is 0. The van der Waals surface area contributed by atoms with Crippen LogP contribution in [0.15, 0.2) is 207 Å². The molecule has 4 aromatic heterocycles. The molecule has 12 aromatic rings. The molecular formula is C53H34N4. The maximum absolute atomic E-state index is 5.03. The van der Waals surface area contributed by atoms with Crippen LogP contribution in [0, 0.1) is 0 Å². The summed E-state index contributed by atoms with van der Waals surface area (Å²) in [6.45, 7) is 0. The number of aromatic nitrogens is 4. The molecule has 0 radical (unpaired) electrons. The van der Waals surface area contributed by atoms with Crippen LogP contribution in [0.5, 0.6) is 0 Å². The van der Waals surface area contributed by atoms with Crippen molar-refractivity contribution in [2.45, 2.75) is 0 Å². The van der Waals surface area contributed by atoms with E-state index in [1.165, 1.54) is 65.5 Å². The van der Waals surface area contributed by atoms with Crippen LogP contribution in [0.4, 0.5) is 0 Å². The SMILES string of the molecule is c1ccc(-c2c(-c3cncc4c3c3ccccc3n4-c3ccc4c(c3)c3ccccc3n4-c3ccccc3)ccc3c2c2ccccc2n3-c2ccccc2)cc1. The molecule has 0 aliphatic heterocycles. The number of para-hydroxylation sites is 5. The molecule has 0 N–H and O–H groups in total. The fraction of sp³-hybridized carbons (Fsp3) is 0. The molecule has 0 fully saturated rings. The Kier molecular flexibility index (Phi) is 6.89. The predicted octanol–water partition coefficient (Wildman–Crippen LogP) is 13.7. The van der Waals surface area contributed by atoms with E-state index < -0.39 is 0 Å². The van der Waals surface area contributed by atoms with E-state index in [1.54, 1.807) is 0 Å². The lowest BCUT2D eigenvalue weighted by Gasteiger charge is -2.15. The average molecular weight is 727 g/mol. The second-order valence-corrected chi connectivity index (χ2v) is 14.8. The van der Waals surface area contributed by atoms with Crippen LogP contribution in [0.1, 0.15) is 0 Å². The van der Waals surface area contributed by atoms with Gasteiger partial charge in [0.05, 0.1) is 39.3 Å². The zero-order valence-corrected chi connectivity index (χ0v) is 30.9. The lowest BCUT2D eigenvalue weighted by Crippen LogP contribution is -1.96. The quantitative estimate of drug-likeness (QED) is 0.174. The van der Waals surface area contributed by atoms with Gasteiger partial charge in [-0.3, -0.25) is 4.98 Å². The second kappa shape index (κ2) is 12.4. The van der Waals surface area contributed by atoms with Crippen molar-refractivity contribution >= 4 is 65.4 Å². The van der Waals surface area contributed by atoms with E-state index >= 15 is 0 Å². The van der Waals surface area contributed by atoms with Crippen molar-refractivity contribution in [3.8, 4) is 39.3 Å². The van der Waals surface area contributed by atoms with Gasteiger partial charge in [-0.25, -0.2) is 0 Å². The van der Waals surface area contributed by atoms with E-state index in [2.05, 4.69) is 214 Å². The average Bonchev–Trinajstić information content (AvgIpc) is 3.92. The number of rotatable bonds is 5. The molecule has 0 amide bonds. The molecule has 4 nitrogen and oxygen atoms in total. The smallest absolute Gasteiger partial charge is 0.0730 e. The lowest BCUT2D eigenvalue weighted by atomic mass is 9.89. The van der Waals surface area contributed by atoms with Gasteiger partial charge in [0.2, 0.25) is 0 Å². The fourth-order valence-electron chi connectivity index (χ4n) is 9.39. The first-order valence-corrected chi connectivity index (χ1v) is 19.5. The van der Waals surface area contributed by atoms with Crippen LogP contribution in [0.25, 0.3) is 105 Å². The Bertz CT molecular complexity index is 3500. The van der Waals surface area contributed by atoms with E-state index in [1.807, 2.05) is 6.20 Å². The van der Waals surface area contributed by atoms with Gasteiger partial charge in [-0.2, -0.15) is 0 Å². The summed E-state index contributed by atoms with van der Waals surface area (Å²) in [5.74, 6) is 0. The number of hydrogen-bond donors (Lipinski definition) is 0. The van der Waals surface area contributed by atoms with Crippen molar-refractivity contribution in [3.63, 3.8) is 0 Å². The highest BCUT2D eigenvalue weighted by molar-refractivity contribution is 6.22. The Morgan fingerprint density at radius 1 is 0.298 bits per heavy atom. The minimum Gasteiger partial charge on any atom is -0.309 e. The van der Waals surface area contributed by atoms with Crippen LogP contribution in [-0.4, -0.2) is 18.7 Å². The van der Waals surface area contributed by atoms with E-state index in [9.17, 15) is 0 Å². The van der Waals surface area contributed by atoms with Gasteiger partial charge >= 0.3 is 0 Å². The largest absolute Gasteiger partial charge is 0.309 e. The molecule has 0 spiro atoms. The summed E-state index contributed by atoms with van der Waals surface area (Å²) in [7, 11) is 0.